The van der Waals surface area contributed by atoms with E-state index in [0.29, 0.717) is 45.6 Å². The van der Waals surface area contributed by atoms with Crippen LogP contribution < -0.4 is 10.9 Å². The van der Waals surface area contributed by atoms with Crippen molar-refractivity contribution in [2.75, 3.05) is 19.6 Å². The minimum atomic E-state index is -0.149. The second-order valence-corrected chi connectivity index (χ2v) is 9.39. The number of rotatable bonds is 4. The van der Waals surface area contributed by atoms with Gasteiger partial charge in [-0.05, 0) is 75.0 Å². The molecule has 0 spiro atoms. The van der Waals surface area contributed by atoms with Crippen LogP contribution in [0.2, 0.25) is 5.02 Å². The fourth-order valence-corrected chi connectivity index (χ4v) is 5.53. The first kappa shape index (κ1) is 21.2. The molecule has 2 aliphatic rings. The number of nitrogens with zero attached hydrogens (tertiary/aromatic N) is 2. The zero-order chi connectivity index (χ0) is 22.1. The highest BCUT2D eigenvalue weighted by molar-refractivity contribution is 6.30. The van der Waals surface area contributed by atoms with E-state index >= 15 is 0 Å². The number of aromatic nitrogens is 1. The van der Waals surface area contributed by atoms with E-state index in [2.05, 4.69) is 10.2 Å². The Balaban J connectivity index is 1.45. The summed E-state index contributed by atoms with van der Waals surface area (Å²) in [5.74, 6) is 0.360. The fraction of sp³-hybridized carbons (Fsp3) is 0.385. The molecule has 3 aromatic rings. The average Bonchev–Trinajstić information content (AvgIpc) is 2.83. The van der Waals surface area contributed by atoms with Crippen molar-refractivity contribution in [3.8, 4) is 5.69 Å². The van der Waals surface area contributed by atoms with Gasteiger partial charge in [0.25, 0.3) is 11.5 Å². The molecule has 166 valence electrons. The highest BCUT2D eigenvalue weighted by Crippen LogP contribution is 2.30. The molecule has 1 amide bonds. The molecule has 2 aromatic carbocycles. The molecule has 0 aliphatic carbocycles. The Morgan fingerprint density at radius 2 is 1.72 bits per heavy atom. The molecular formula is C26H28ClN3O2. The van der Waals surface area contributed by atoms with Crippen molar-refractivity contribution in [1.29, 1.82) is 0 Å². The van der Waals surface area contributed by atoms with Crippen LogP contribution in [0.25, 0.3) is 16.5 Å². The molecule has 2 aliphatic heterocycles. The minimum Gasteiger partial charge on any atom is -0.352 e. The Morgan fingerprint density at radius 1 is 0.969 bits per heavy atom. The van der Waals surface area contributed by atoms with Crippen LogP contribution in [0.1, 0.15) is 42.5 Å². The molecule has 0 saturated carbocycles. The van der Waals surface area contributed by atoms with Crippen LogP contribution in [0.5, 0.6) is 0 Å². The Morgan fingerprint density at radius 3 is 2.53 bits per heavy atom. The van der Waals surface area contributed by atoms with Crippen molar-refractivity contribution < 1.29 is 4.79 Å². The van der Waals surface area contributed by atoms with Crippen molar-refractivity contribution in [1.82, 2.24) is 14.8 Å². The Bertz CT molecular complexity index is 1190. The number of hydrogen-bond donors (Lipinski definition) is 1. The first-order valence-electron chi connectivity index (χ1n) is 11.5. The number of carbonyl (C=O) groups excluding carboxylic acids is 1. The van der Waals surface area contributed by atoms with Gasteiger partial charge in [-0.1, -0.05) is 36.2 Å². The normalized spacial score (nSPS) is 21.3. The molecule has 6 heteroatoms. The number of nitrogens with one attached hydrogen (secondary N) is 1. The largest absolute Gasteiger partial charge is 0.352 e. The lowest BCUT2D eigenvalue weighted by molar-refractivity contribution is 0.0576. The number of halogens is 1. The molecule has 2 saturated heterocycles. The van der Waals surface area contributed by atoms with Gasteiger partial charge in [-0.3, -0.25) is 14.2 Å². The van der Waals surface area contributed by atoms with Crippen LogP contribution in [0.3, 0.4) is 0 Å². The molecule has 0 unspecified atom stereocenters. The quantitative estimate of drug-likeness (QED) is 0.631. The summed E-state index contributed by atoms with van der Waals surface area (Å²) in [6, 6.07) is 15.0. The number of hydrogen-bond acceptors (Lipinski definition) is 3. The molecule has 1 N–H and O–H groups in total. The van der Waals surface area contributed by atoms with E-state index in [1.807, 2.05) is 18.2 Å². The van der Waals surface area contributed by atoms with Crippen molar-refractivity contribution >= 4 is 28.3 Å². The highest BCUT2D eigenvalue weighted by Gasteiger charge is 2.33. The lowest BCUT2D eigenvalue weighted by Crippen LogP contribution is -2.51. The molecule has 0 radical (unpaired) electrons. The third kappa shape index (κ3) is 4.07. The molecule has 5 nitrogen and oxygen atoms in total. The maximum absolute atomic E-state index is 13.3. The number of carbonyl (C=O) groups is 1. The van der Waals surface area contributed by atoms with Crippen LogP contribution in [-0.2, 0) is 0 Å². The van der Waals surface area contributed by atoms with Gasteiger partial charge in [0.05, 0.1) is 5.56 Å². The number of amides is 1. The van der Waals surface area contributed by atoms with Crippen molar-refractivity contribution in [3.05, 3.63) is 75.7 Å². The van der Waals surface area contributed by atoms with Gasteiger partial charge >= 0.3 is 0 Å². The summed E-state index contributed by atoms with van der Waals surface area (Å²) < 4.78 is 1.54. The van der Waals surface area contributed by atoms with Crippen LogP contribution in [0.15, 0.2) is 59.5 Å². The van der Waals surface area contributed by atoms with E-state index in [1.54, 1.807) is 36.5 Å². The standard InChI is InChI=1S/C26H28ClN3O2/c27-19-10-12-20(13-11-19)30-17-23(21-7-1-2-8-22(21)26(30)32)25(31)28-16-18-6-5-15-29-14-4-3-9-24(18)29/h1-2,7-8,10-13,17-18,24H,3-6,9,14-16H2,(H,28,31)/t18-,24+/m0/s1. The van der Waals surface area contributed by atoms with Gasteiger partial charge < -0.3 is 10.2 Å². The van der Waals surface area contributed by atoms with E-state index in [-0.39, 0.29) is 11.5 Å². The van der Waals surface area contributed by atoms with E-state index in [9.17, 15) is 9.59 Å². The summed E-state index contributed by atoms with van der Waals surface area (Å²) in [6.45, 7) is 3.05. The van der Waals surface area contributed by atoms with E-state index in [0.717, 1.165) is 6.42 Å². The van der Waals surface area contributed by atoms with Gasteiger partial charge in [-0.25, -0.2) is 0 Å². The first-order valence-corrected chi connectivity index (χ1v) is 11.9. The summed E-state index contributed by atoms with van der Waals surface area (Å²) in [7, 11) is 0. The van der Waals surface area contributed by atoms with Crippen LogP contribution >= 0.6 is 11.6 Å². The lowest BCUT2D eigenvalue weighted by atomic mass is 9.83. The molecule has 2 atom stereocenters. The summed E-state index contributed by atoms with van der Waals surface area (Å²) in [5.41, 5.74) is 1.06. The Labute approximate surface area is 193 Å². The van der Waals surface area contributed by atoms with Gasteiger partial charge in [-0.2, -0.15) is 0 Å². The number of fused-ring (bicyclic) bond motifs is 2. The van der Waals surface area contributed by atoms with E-state index in [4.69, 9.17) is 11.6 Å². The monoisotopic (exact) mass is 449 g/mol. The fourth-order valence-electron chi connectivity index (χ4n) is 5.40. The van der Waals surface area contributed by atoms with Gasteiger partial charge in [0.15, 0.2) is 0 Å². The zero-order valence-electron chi connectivity index (χ0n) is 18.1. The topological polar surface area (TPSA) is 54.3 Å². The maximum atomic E-state index is 13.3. The third-order valence-corrected chi connectivity index (χ3v) is 7.28. The average molecular weight is 450 g/mol. The molecule has 32 heavy (non-hydrogen) atoms. The number of piperidine rings is 2. The molecule has 5 rings (SSSR count). The predicted molar refractivity (Wildman–Crippen MR) is 129 cm³/mol. The second-order valence-electron chi connectivity index (χ2n) is 8.95. The summed E-state index contributed by atoms with van der Waals surface area (Å²) in [5, 5.41) is 5.02. The lowest BCUT2D eigenvalue weighted by Gasteiger charge is -2.44. The van der Waals surface area contributed by atoms with E-state index < -0.39 is 0 Å². The SMILES string of the molecule is O=C(NC[C@@H]1CCCN2CCCC[C@H]12)c1cn(-c2ccc(Cl)cc2)c(=O)c2ccccc12. The van der Waals surface area contributed by atoms with Gasteiger partial charge in [-0.15, -0.1) is 0 Å². The van der Waals surface area contributed by atoms with Crippen LogP contribution in [0, 0.1) is 5.92 Å². The van der Waals surface area contributed by atoms with Crippen LogP contribution in [0.4, 0.5) is 0 Å². The van der Waals surface area contributed by atoms with Gasteiger partial charge in [0.2, 0.25) is 0 Å². The van der Waals surface area contributed by atoms with E-state index in [1.165, 1.54) is 43.3 Å². The maximum Gasteiger partial charge on any atom is 0.262 e. The summed E-state index contributed by atoms with van der Waals surface area (Å²) >= 11 is 6.02. The predicted octanol–water partition coefficient (Wildman–Crippen LogP) is 4.64. The minimum absolute atomic E-state index is 0.128. The molecule has 0 bridgehead atoms. The molecular weight excluding hydrogens is 422 g/mol. The van der Waals surface area contributed by atoms with Crippen molar-refractivity contribution in [3.63, 3.8) is 0 Å². The third-order valence-electron chi connectivity index (χ3n) is 7.03. The molecule has 3 heterocycles. The Kier molecular flexibility index (Phi) is 6.03. The first-order chi connectivity index (χ1) is 15.6. The number of benzene rings is 2. The molecule has 2 fully saturated rings. The van der Waals surface area contributed by atoms with Crippen molar-refractivity contribution in [2.24, 2.45) is 5.92 Å². The second kappa shape index (κ2) is 9.08. The summed E-state index contributed by atoms with van der Waals surface area (Å²) in [4.78, 5) is 29.1. The summed E-state index contributed by atoms with van der Waals surface area (Å²) in [6.07, 6.45) is 7.81. The highest BCUT2D eigenvalue weighted by atomic mass is 35.5. The van der Waals surface area contributed by atoms with Crippen molar-refractivity contribution in [2.45, 2.75) is 38.1 Å². The van der Waals surface area contributed by atoms with Gasteiger partial charge in [0, 0.05) is 40.3 Å². The van der Waals surface area contributed by atoms with Crippen LogP contribution in [-0.4, -0.2) is 41.1 Å². The van der Waals surface area contributed by atoms with Gasteiger partial charge in [0.1, 0.15) is 0 Å². The zero-order valence-corrected chi connectivity index (χ0v) is 18.9. The molecule has 1 aromatic heterocycles. The number of pyridine rings is 1. The Hall–Kier alpha value is -2.63. The smallest absolute Gasteiger partial charge is 0.262 e.